The zero-order valence-electron chi connectivity index (χ0n) is 21.3. The van der Waals surface area contributed by atoms with Gasteiger partial charge in [0.2, 0.25) is 11.8 Å². The van der Waals surface area contributed by atoms with Crippen LogP contribution in [0.1, 0.15) is 78.3 Å². The zero-order valence-corrected chi connectivity index (χ0v) is 21.3. The number of hydrogen-bond donors (Lipinski definition) is 1. The molecule has 10 nitrogen and oxygen atoms in total. The number of nitrogens with zero attached hydrogens (tertiary/aromatic N) is 3. The minimum atomic E-state index is -1.46. The molecule has 4 heterocycles. The number of nitrogens with one attached hydrogen (secondary N) is 1. The number of hydrogen-bond acceptors (Lipinski definition) is 7. The van der Waals surface area contributed by atoms with Gasteiger partial charge in [0.15, 0.2) is 0 Å². The molecule has 1 atom stereocenters. The van der Waals surface area contributed by atoms with Crippen molar-refractivity contribution in [3.05, 3.63) is 34.4 Å². The van der Waals surface area contributed by atoms with Gasteiger partial charge in [0.05, 0.1) is 11.1 Å². The van der Waals surface area contributed by atoms with Gasteiger partial charge in [0.25, 0.3) is 11.8 Å². The van der Waals surface area contributed by atoms with Crippen LogP contribution in [0.25, 0.3) is 0 Å². The number of benzene rings is 1. The fourth-order valence-corrected chi connectivity index (χ4v) is 5.53. The summed E-state index contributed by atoms with van der Waals surface area (Å²) in [7, 11) is 0. The average molecular weight is 515 g/mol. The Kier molecular flexibility index (Phi) is 6.09. The van der Waals surface area contributed by atoms with Gasteiger partial charge in [-0.1, -0.05) is 0 Å². The quantitative estimate of drug-likeness (QED) is 0.615. The number of rotatable bonds is 3. The highest BCUT2D eigenvalue weighted by Crippen LogP contribution is 2.36. The van der Waals surface area contributed by atoms with Gasteiger partial charge < -0.3 is 9.64 Å². The highest BCUT2D eigenvalue weighted by atomic mass is 19.1. The Balaban J connectivity index is 1.23. The molecule has 198 valence electrons. The number of carbonyl (C=O) groups is 5. The Morgan fingerprint density at radius 1 is 1.05 bits per heavy atom. The normalized spacial score (nSPS) is 23.7. The van der Waals surface area contributed by atoms with E-state index < -0.39 is 47.0 Å². The number of likely N-dealkylation sites (tertiary alicyclic amines) is 1. The number of piperidine rings is 2. The second-order valence-corrected chi connectivity index (χ2v) is 11.4. The average Bonchev–Trinajstić information content (AvgIpc) is 3.29. The molecule has 37 heavy (non-hydrogen) atoms. The smallest absolute Gasteiger partial charge is 0.410 e. The molecule has 5 amide bonds. The lowest BCUT2D eigenvalue weighted by Crippen LogP contribution is -2.54. The van der Waals surface area contributed by atoms with Crippen LogP contribution in [0.4, 0.5) is 9.18 Å². The Hall–Kier alpha value is -3.34. The molecular weight excluding hydrogens is 483 g/mol. The first kappa shape index (κ1) is 25.3. The van der Waals surface area contributed by atoms with E-state index in [1.807, 2.05) is 4.90 Å². The monoisotopic (exact) mass is 514 g/mol. The van der Waals surface area contributed by atoms with Gasteiger partial charge in [-0.3, -0.25) is 34.3 Å². The summed E-state index contributed by atoms with van der Waals surface area (Å²) in [6, 6.07) is 2.34. The summed E-state index contributed by atoms with van der Waals surface area (Å²) in [5.74, 6) is -2.16. The highest BCUT2D eigenvalue weighted by molar-refractivity contribution is 6.23. The number of imide groups is 2. The molecule has 0 spiro atoms. The fraction of sp³-hybridized carbons (Fsp3) is 0.577. The summed E-state index contributed by atoms with van der Waals surface area (Å²) in [6.45, 7) is 6.99. The molecule has 0 saturated carbocycles. The maximum absolute atomic E-state index is 15.7. The molecule has 4 aliphatic rings. The van der Waals surface area contributed by atoms with Crippen molar-refractivity contribution in [1.29, 1.82) is 0 Å². The Morgan fingerprint density at radius 2 is 1.62 bits per heavy atom. The molecule has 0 aliphatic carbocycles. The minimum absolute atomic E-state index is 0.0653. The maximum Gasteiger partial charge on any atom is 0.410 e. The first-order valence-corrected chi connectivity index (χ1v) is 12.6. The minimum Gasteiger partial charge on any atom is -0.444 e. The van der Waals surface area contributed by atoms with E-state index in [0.29, 0.717) is 13.1 Å². The fourth-order valence-electron chi connectivity index (χ4n) is 5.53. The van der Waals surface area contributed by atoms with E-state index in [1.165, 1.54) is 4.90 Å². The first-order valence-electron chi connectivity index (χ1n) is 12.6. The van der Waals surface area contributed by atoms with Crippen LogP contribution >= 0.6 is 0 Å². The van der Waals surface area contributed by atoms with Crippen LogP contribution < -0.4 is 5.32 Å². The van der Waals surface area contributed by atoms with Gasteiger partial charge in [0, 0.05) is 52.0 Å². The maximum atomic E-state index is 15.7. The van der Waals surface area contributed by atoms with Crippen LogP contribution in [-0.2, 0) is 27.4 Å². The molecule has 1 unspecified atom stereocenters. The molecule has 11 heteroatoms. The van der Waals surface area contributed by atoms with Crippen molar-refractivity contribution in [2.45, 2.75) is 76.9 Å². The predicted octanol–water partition coefficient (Wildman–Crippen LogP) is 2.14. The summed E-state index contributed by atoms with van der Waals surface area (Å²) in [5, 5.41) is 2.19. The third-order valence-electron chi connectivity index (χ3n) is 7.37. The molecule has 0 aromatic heterocycles. The van der Waals surface area contributed by atoms with Gasteiger partial charge in [-0.2, -0.15) is 0 Å². The summed E-state index contributed by atoms with van der Waals surface area (Å²) in [6.07, 6.45) is 0.142. The zero-order chi connectivity index (χ0) is 26.7. The van der Waals surface area contributed by atoms with Crippen molar-refractivity contribution in [1.82, 2.24) is 20.0 Å². The van der Waals surface area contributed by atoms with Crippen molar-refractivity contribution < 1.29 is 33.1 Å². The van der Waals surface area contributed by atoms with Crippen LogP contribution in [0.5, 0.6) is 0 Å². The van der Waals surface area contributed by atoms with Gasteiger partial charge in [-0.25, -0.2) is 9.18 Å². The predicted molar refractivity (Wildman–Crippen MR) is 128 cm³/mol. The van der Waals surface area contributed by atoms with E-state index in [9.17, 15) is 24.0 Å². The summed E-state index contributed by atoms with van der Waals surface area (Å²) in [5.41, 5.74) is 0.0914. The molecule has 1 aromatic carbocycles. The second kappa shape index (κ2) is 8.90. The van der Waals surface area contributed by atoms with Gasteiger partial charge in [-0.15, -0.1) is 0 Å². The van der Waals surface area contributed by atoms with E-state index in [2.05, 4.69) is 5.32 Å². The third-order valence-corrected chi connectivity index (χ3v) is 7.37. The lowest BCUT2D eigenvalue weighted by Gasteiger charge is -2.38. The second-order valence-electron chi connectivity index (χ2n) is 11.4. The number of alkyl halides is 1. The van der Waals surface area contributed by atoms with Crippen molar-refractivity contribution >= 4 is 29.7 Å². The lowest BCUT2D eigenvalue weighted by molar-refractivity contribution is -0.136. The molecule has 5 rings (SSSR count). The topological polar surface area (TPSA) is 116 Å². The standard InChI is InChI=1S/C26H31FN4O6/c1-25(2,3)37-24(36)30-8-6-26(27,7-9-30)14-29-12-15-10-17-18(11-16(15)13-29)23(35)31(22(17)34)19-4-5-20(32)28-21(19)33/h10-11,19H,4-9,12-14H2,1-3H3,(H,28,32,33). The highest BCUT2D eigenvalue weighted by Gasteiger charge is 2.46. The van der Waals surface area contributed by atoms with E-state index in [-0.39, 0.29) is 56.4 Å². The first-order chi connectivity index (χ1) is 17.3. The Labute approximate surface area is 214 Å². The van der Waals surface area contributed by atoms with E-state index >= 15 is 4.39 Å². The third kappa shape index (κ3) is 4.84. The molecule has 2 fully saturated rings. The van der Waals surface area contributed by atoms with Crippen LogP contribution in [0, 0.1) is 0 Å². The van der Waals surface area contributed by atoms with E-state index in [4.69, 9.17) is 4.74 Å². The van der Waals surface area contributed by atoms with Crippen molar-refractivity contribution in [3.8, 4) is 0 Å². The van der Waals surface area contributed by atoms with Gasteiger partial charge >= 0.3 is 6.09 Å². The SMILES string of the molecule is CC(C)(C)OC(=O)N1CCC(F)(CN2Cc3cc4c(cc3C2)C(=O)N(C2CCC(=O)NC2=O)C4=O)CC1. The summed E-state index contributed by atoms with van der Waals surface area (Å²) >= 11 is 0. The van der Waals surface area contributed by atoms with Crippen LogP contribution in [0.3, 0.4) is 0 Å². The largest absolute Gasteiger partial charge is 0.444 e. The number of fused-ring (bicyclic) bond motifs is 2. The van der Waals surface area contributed by atoms with Crippen molar-refractivity contribution in [2.75, 3.05) is 19.6 Å². The summed E-state index contributed by atoms with van der Waals surface area (Å²) < 4.78 is 21.1. The lowest BCUT2D eigenvalue weighted by atomic mass is 9.93. The van der Waals surface area contributed by atoms with Crippen LogP contribution in [0.2, 0.25) is 0 Å². The number of amides is 5. The molecule has 0 radical (unpaired) electrons. The molecule has 4 aliphatic heterocycles. The van der Waals surface area contributed by atoms with Gasteiger partial charge in [0.1, 0.15) is 17.3 Å². The van der Waals surface area contributed by atoms with Gasteiger partial charge in [-0.05, 0) is 50.5 Å². The molecule has 2 saturated heterocycles. The van der Waals surface area contributed by atoms with Crippen LogP contribution in [0.15, 0.2) is 12.1 Å². The van der Waals surface area contributed by atoms with Crippen molar-refractivity contribution in [2.24, 2.45) is 0 Å². The number of carbonyl (C=O) groups excluding carboxylic acids is 5. The Morgan fingerprint density at radius 3 is 2.14 bits per heavy atom. The number of ether oxygens (including phenoxy) is 1. The van der Waals surface area contributed by atoms with E-state index in [0.717, 1.165) is 16.0 Å². The van der Waals surface area contributed by atoms with Crippen LogP contribution in [-0.4, -0.2) is 81.4 Å². The molecule has 1 N–H and O–H groups in total. The Bertz CT molecular complexity index is 1160. The molecule has 0 bridgehead atoms. The number of halogens is 1. The summed E-state index contributed by atoms with van der Waals surface area (Å²) in [4.78, 5) is 66.6. The van der Waals surface area contributed by atoms with Crippen molar-refractivity contribution in [3.63, 3.8) is 0 Å². The molecule has 1 aromatic rings. The van der Waals surface area contributed by atoms with E-state index in [1.54, 1.807) is 32.9 Å². The molecular formula is C26H31FN4O6.